The van der Waals surface area contributed by atoms with Gasteiger partial charge in [0.25, 0.3) is 0 Å². The van der Waals surface area contributed by atoms with Gasteiger partial charge >= 0.3 is 0 Å². The smallest absolute Gasteiger partial charge is 0.237 e. The largest absolute Gasteiger partial charge is 0.491 e. The van der Waals surface area contributed by atoms with Gasteiger partial charge in [0.05, 0.1) is 12.1 Å². The van der Waals surface area contributed by atoms with Crippen LogP contribution in [0, 0.1) is 0 Å². The van der Waals surface area contributed by atoms with Gasteiger partial charge in [0.15, 0.2) is 0 Å². The number of ether oxygens (including phenoxy) is 1. The van der Waals surface area contributed by atoms with Crippen LogP contribution in [0.4, 0.5) is 0 Å². The third kappa shape index (κ3) is 3.44. The Bertz CT molecular complexity index is 461. The normalized spacial score (nSPS) is 24.8. The Hall–Kier alpha value is -1.26. The maximum atomic E-state index is 12.1. The summed E-state index contributed by atoms with van der Waals surface area (Å²) in [6, 6.07) is 8.10. The van der Waals surface area contributed by atoms with E-state index >= 15 is 0 Å². The van der Waals surface area contributed by atoms with Gasteiger partial charge < -0.3 is 15.4 Å². The van der Waals surface area contributed by atoms with Crippen molar-refractivity contribution in [1.82, 2.24) is 10.6 Å². The lowest BCUT2D eigenvalue weighted by Crippen LogP contribution is -2.52. The molecule has 2 aliphatic rings. The third-order valence-electron chi connectivity index (χ3n) is 3.85. The molecule has 1 aromatic rings. The van der Waals surface area contributed by atoms with E-state index in [4.69, 9.17) is 4.74 Å². The first-order valence-electron chi connectivity index (χ1n) is 7.07. The Labute approximate surface area is 125 Å². The highest BCUT2D eigenvalue weighted by Crippen LogP contribution is 2.24. The highest BCUT2D eigenvalue weighted by molar-refractivity contribution is 5.85. The van der Waals surface area contributed by atoms with Crippen molar-refractivity contribution in [3.05, 3.63) is 29.8 Å². The summed E-state index contributed by atoms with van der Waals surface area (Å²) in [6.07, 6.45) is 4.10. The van der Waals surface area contributed by atoms with Crippen LogP contribution >= 0.6 is 12.4 Å². The molecule has 3 rings (SSSR count). The predicted molar refractivity (Wildman–Crippen MR) is 80.5 cm³/mol. The molecule has 1 saturated heterocycles. The lowest BCUT2D eigenvalue weighted by atomic mass is 10.0. The van der Waals surface area contributed by atoms with Crippen LogP contribution < -0.4 is 15.4 Å². The van der Waals surface area contributed by atoms with Gasteiger partial charge in [-0.15, -0.1) is 12.4 Å². The molecule has 20 heavy (non-hydrogen) atoms. The molecule has 0 bridgehead atoms. The van der Waals surface area contributed by atoms with Crippen LogP contribution in [0.3, 0.4) is 0 Å². The fraction of sp³-hybridized carbons (Fsp3) is 0.533. The maximum absolute atomic E-state index is 12.1. The molecule has 0 aliphatic carbocycles. The molecule has 0 saturated carbocycles. The van der Waals surface area contributed by atoms with Crippen LogP contribution in [0.25, 0.3) is 0 Å². The molecule has 1 fully saturated rings. The summed E-state index contributed by atoms with van der Waals surface area (Å²) in [7, 11) is 0. The van der Waals surface area contributed by atoms with Crippen molar-refractivity contribution in [1.29, 1.82) is 0 Å². The van der Waals surface area contributed by atoms with E-state index in [2.05, 4.69) is 16.7 Å². The number of hydrogen-bond donors (Lipinski definition) is 2. The molecule has 4 nitrogen and oxygen atoms in total. The van der Waals surface area contributed by atoms with Crippen LogP contribution in [0.2, 0.25) is 0 Å². The first-order valence-corrected chi connectivity index (χ1v) is 7.07. The molecule has 110 valence electrons. The van der Waals surface area contributed by atoms with Gasteiger partial charge in [-0.1, -0.05) is 24.6 Å². The highest BCUT2D eigenvalue weighted by Gasteiger charge is 2.25. The van der Waals surface area contributed by atoms with Crippen molar-refractivity contribution in [2.75, 3.05) is 13.2 Å². The van der Waals surface area contributed by atoms with E-state index in [-0.39, 0.29) is 30.4 Å². The summed E-state index contributed by atoms with van der Waals surface area (Å²) < 4.78 is 5.69. The molecule has 2 atom stereocenters. The quantitative estimate of drug-likeness (QED) is 0.873. The van der Waals surface area contributed by atoms with Crippen molar-refractivity contribution < 1.29 is 9.53 Å². The number of carbonyl (C=O) groups excluding carboxylic acids is 1. The standard InChI is InChI=1S/C15H20N2O2.ClH/c18-15(13-6-3-4-8-16-13)17-12-9-11-5-1-2-7-14(11)19-10-12;/h1-2,5,7,12-13,16H,3-4,6,8-10H2,(H,17,18);1H/t12?,13-;/m0./s1. The summed E-state index contributed by atoms with van der Waals surface area (Å²) in [6.45, 7) is 1.51. The van der Waals surface area contributed by atoms with E-state index < -0.39 is 0 Å². The number of carbonyl (C=O) groups is 1. The Morgan fingerprint density at radius 3 is 2.95 bits per heavy atom. The van der Waals surface area contributed by atoms with E-state index in [0.29, 0.717) is 6.61 Å². The topological polar surface area (TPSA) is 50.4 Å². The van der Waals surface area contributed by atoms with Crippen LogP contribution in [0.1, 0.15) is 24.8 Å². The number of amides is 1. The monoisotopic (exact) mass is 296 g/mol. The number of halogens is 1. The van der Waals surface area contributed by atoms with Crippen molar-refractivity contribution in [2.45, 2.75) is 37.8 Å². The molecule has 0 spiro atoms. The van der Waals surface area contributed by atoms with E-state index in [1.54, 1.807) is 0 Å². The average molecular weight is 297 g/mol. The third-order valence-corrected chi connectivity index (χ3v) is 3.85. The molecule has 2 heterocycles. The van der Waals surface area contributed by atoms with Gasteiger partial charge in [0.2, 0.25) is 5.91 Å². The first-order chi connectivity index (χ1) is 9.33. The number of piperidine rings is 1. The van der Waals surface area contributed by atoms with Gasteiger partial charge in [0, 0.05) is 0 Å². The molecule has 1 unspecified atom stereocenters. The first kappa shape index (κ1) is 15.1. The number of rotatable bonds is 2. The number of nitrogens with one attached hydrogen (secondary N) is 2. The van der Waals surface area contributed by atoms with Gasteiger partial charge in [0.1, 0.15) is 12.4 Å². The molecular formula is C15H21ClN2O2. The zero-order valence-corrected chi connectivity index (χ0v) is 12.2. The van der Waals surface area contributed by atoms with Gasteiger partial charge in [-0.2, -0.15) is 0 Å². The molecule has 0 radical (unpaired) electrons. The average Bonchev–Trinajstić information content (AvgIpc) is 2.48. The Morgan fingerprint density at radius 2 is 2.15 bits per heavy atom. The lowest BCUT2D eigenvalue weighted by molar-refractivity contribution is -0.124. The Balaban J connectivity index is 0.00000147. The number of para-hydroxylation sites is 1. The van der Waals surface area contributed by atoms with Crippen molar-refractivity contribution in [2.24, 2.45) is 0 Å². The van der Waals surface area contributed by atoms with E-state index in [1.807, 2.05) is 18.2 Å². The number of fused-ring (bicyclic) bond motifs is 1. The SMILES string of the molecule is Cl.O=C(NC1COc2ccccc2C1)[C@@H]1CCCCN1. The van der Waals surface area contributed by atoms with Crippen LogP contribution in [0.15, 0.2) is 24.3 Å². The molecule has 1 aromatic carbocycles. The second-order valence-corrected chi connectivity index (χ2v) is 5.33. The highest BCUT2D eigenvalue weighted by atomic mass is 35.5. The number of hydrogen-bond acceptors (Lipinski definition) is 3. The second-order valence-electron chi connectivity index (χ2n) is 5.33. The van der Waals surface area contributed by atoms with Crippen LogP contribution in [-0.2, 0) is 11.2 Å². The fourth-order valence-electron chi connectivity index (χ4n) is 2.80. The van der Waals surface area contributed by atoms with E-state index in [9.17, 15) is 4.79 Å². The number of benzene rings is 1. The summed E-state index contributed by atoms with van der Waals surface area (Å²) >= 11 is 0. The summed E-state index contributed by atoms with van der Waals surface area (Å²) in [5.74, 6) is 1.07. The minimum absolute atomic E-state index is 0. The predicted octanol–water partition coefficient (Wildman–Crippen LogP) is 1.67. The molecule has 2 aliphatic heterocycles. The van der Waals surface area contributed by atoms with Crippen molar-refractivity contribution in [3.8, 4) is 5.75 Å². The van der Waals surface area contributed by atoms with Gasteiger partial charge in [-0.05, 0) is 37.4 Å². The van der Waals surface area contributed by atoms with Crippen LogP contribution in [0.5, 0.6) is 5.75 Å². The Morgan fingerprint density at radius 1 is 1.30 bits per heavy atom. The summed E-state index contributed by atoms with van der Waals surface area (Å²) in [5.41, 5.74) is 1.18. The molecule has 5 heteroatoms. The second kappa shape index (κ2) is 6.95. The Kier molecular flexibility index (Phi) is 5.26. The molecule has 1 amide bonds. The van der Waals surface area contributed by atoms with Crippen molar-refractivity contribution >= 4 is 18.3 Å². The summed E-state index contributed by atoms with van der Waals surface area (Å²) in [5, 5.41) is 6.38. The lowest BCUT2D eigenvalue weighted by Gasteiger charge is -2.29. The zero-order chi connectivity index (χ0) is 13.1. The van der Waals surface area contributed by atoms with Crippen LogP contribution in [-0.4, -0.2) is 31.1 Å². The van der Waals surface area contributed by atoms with Crippen molar-refractivity contribution in [3.63, 3.8) is 0 Å². The van der Waals surface area contributed by atoms with E-state index in [1.165, 1.54) is 12.0 Å². The van der Waals surface area contributed by atoms with E-state index in [0.717, 1.165) is 31.6 Å². The minimum atomic E-state index is -0.0223. The fourth-order valence-corrected chi connectivity index (χ4v) is 2.80. The zero-order valence-electron chi connectivity index (χ0n) is 11.4. The summed E-state index contributed by atoms with van der Waals surface area (Å²) in [4.78, 5) is 12.1. The minimum Gasteiger partial charge on any atom is -0.491 e. The maximum Gasteiger partial charge on any atom is 0.237 e. The van der Waals surface area contributed by atoms with Gasteiger partial charge in [-0.3, -0.25) is 4.79 Å². The molecule has 0 aromatic heterocycles. The molecule has 2 N–H and O–H groups in total. The van der Waals surface area contributed by atoms with Gasteiger partial charge in [-0.25, -0.2) is 0 Å². The molecular weight excluding hydrogens is 276 g/mol.